The topological polar surface area (TPSA) is 87.3 Å². The van der Waals surface area contributed by atoms with Crippen LogP contribution in [0.4, 0.5) is 17.1 Å². The molecule has 0 aliphatic rings. The first-order valence-corrected chi connectivity index (χ1v) is 8.72. The maximum atomic E-state index is 12.2. The molecule has 0 unspecified atom stereocenters. The van der Waals surface area contributed by atoms with Crippen molar-refractivity contribution in [2.75, 3.05) is 16.0 Å². The van der Waals surface area contributed by atoms with Crippen LogP contribution in [0.15, 0.2) is 48.5 Å². The second kappa shape index (κ2) is 8.49. The minimum Gasteiger partial charge on any atom is -0.326 e. The van der Waals surface area contributed by atoms with Gasteiger partial charge in [-0.25, -0.2) is 0 Å². The Morgan fingerprint density at radius 3 is 1.85 bits per heavy atom. The molecule has 0 aliphatic heterocycles. The molecule has 0 aromatic heterocycles. The molecular weight excluding hydrogens is 342 g/mol. The van der Waals surface area contributed by atoms with Gasteiger partial charge in [0.15, 0.2) is 0 Å². The molecule has 142 valence electrons. The van der Waals surface area contributed by atoms with Gasteiger partial charge in [-0.1, -0.05) is 39.0 Å². The lowest BCUT2D eigenvalue weighted by molar-refractivity contribution is -0.123. The quantitative estimate of drug-likeness (QED) is 0.700. The molecule has 3 N–H and O–H groups in total. The first kappa shape index (κ1) is 20.2. The molecule has 0 saturated heterocycles. The minimum atomic E-state index is -0.409. The van der Waals surface area contributed by atoms with Crippen molar-refractivity contribution in [1.82, 2.24) is 0 Å². The molecular formula is C21H25N3O3. The summed E-state index contributed by atoms with van der Waals surface area (Å²) in [5, 5.41) is 8.14. The molecule has 0 fully saturated rings. The summed E-state index contributed by atoms with van der Waals surface area (Å²) in [6.45, 7) is 7.62. The maximum Gasteiger partial charge on any atom is 0.233 e. The zero-order chi connectivity index (χ0) is 20.0. The number of carbonyl (C=O) groups excluding carboxylic acids is 3. The molecule has 2 aromatic rings. The molecule has 3 amide bonds. The summed E-state index contributed by atoms with van der Waals surface area (Å²) in [5.74, 6) is -0.953. The van der Waals surface area contributed by atoms with Crippen LogP contribution in [-0.4, -0.2) is 17.7 Å². The second-order valence-electron chi connectivity index (χ2n) is 7.33. The van der Waals surface area contributed by atoms with Gasteiger partial charge in [0, 0.05) is 24.0 Å². The molecule has 0 spiro atoms. The van der Waals surface area contributed by atoms with Crippen molar-refractivity contribution in [2.45, 2.75) is 39.5 Å². The second-order valence-corrected chi connectivity index (χ2v) is 7.33. The fourth-order valence-electron chi connectivity index (χ4n) is 2.63. The zero-order valence-corrected chi connectivity index (χ0v) is 16.1. The van der Waals surface area contributed by atoms with E-state index in [4.69, 9.17) is 0 Å². The van der Waals surface area contributed by atoms with Crippen LogP contribution in [0.2, 0.25) is 0 Å². The summed E-state index contributed by atoms with van der Waals surface area (Å²) in [6, 6.07) is 14.2. The highest BCUT2D eigenvalue weighted by Gasteiger charge is 2.19. The molecule has 0 bridgehead atoms. The van der Waals surface area contributed by atoms with Gasteiger partial charge in [-0.15, -0.1) is 0 Å². The van der Waals surface area contributed by atoms with E-state index in [1.807, 2.05) is 24.3 Å². The van der Waals surface area contributed by atoms with Crippen molar-refractivity contribution in [3.8, 4) is 0 Å². The highest BCUT2D eigenvalue weighted by Crippen LogP contribution is 2.29. The third-order valence-electron chi connectivity index (χ3n) is 3.82. The van der Waals surface area contributed by atoms with Gasteiger partial charge >= 0.3 is 0 Å². The molecule has 0 aliphatic carbocycles. The summed E-state index contributed by atoms with van der Waals surface area (Å²) < 4.78 is 0. The molecule has 6 nitrogen and oxygen atoms in total. The van der Waals surface area contributed by atoms with Gasteiger partial charge in [0.05, 0.1) is 0 Å². The third kappa shape index (κ3) is 6.26. The molecule has 0 atom stereocenters. The van der Waals surface area contributed by atoms with Gasteiger partial charge in [0.2, 0.25) is 17.7 Å². The Morgan fingerprint density at radius 2 is 1.30 bits per heavy atom. The summed E-state index contributed by atoms with van der Waals surface area (Å²) in [7, 11) is 0. The van der Waals surface area contributed by atoms with Crippen LogP contribution in [0.5, 0.6) is 0 Å². The molecule has 0 radical (unpaired) electrons. The molecule has 2 aromatic carbocycles. The number of para-hydroxylation sites is 1. The number of hydrogen-bond donors (Lipinski definition) is 3. The van der Waals surface area contributed by atoms with Gasteiger partial charge in [0.25, 0.3) is 0 Å². The summed E-state index contributed by atoms with van der Waals surface area (Å²) >= 11 is 0. The van der Waals surface area contributed by atoms with Crippen molar-refractivity contribution < 1.29 is 14.4 Å². The van der Waals surface area contributed by atoms with Gasteiger partial charge in [-0.05, 0) is 41.3 Å². The number of hydrogen-bond acceptors (Lipinski definition) is 3. The minimum absolute atomic E-state index is 0.123. The average Bonchev–Trinajstić information content (AvgIpc) is 2.55. The van der Waals surface area contributed by atoms with E-state index in [9.17, 15) is 14.4 Å². The first-order chi connectivity index (χ1) is 12.6. The van der Waals surface area contributed by atoms with Crippen molar-refractivity contribution >= 4 is 34.8 Å². The van der Waals surface area contributed by atoms with Crippen LogP contribution >= 0.6 is 0 Å². The fraction of sp³-hybridized carbons (Fsp3) is 0.286. The van der Waals surface area contributed by atoms with E-state index in [2.05, 4.69) is 36.7 Å². The van der Waals surface area contributed by atoms with E-state index < -0.39 is 5.91 Å². The van der Waals surface area contributed by atoms with Crippen LogP contribution < -0.4 is 16.0 Å². The number of rotatable bonds is 5. The SMILES string of the molecule is CC(=O)Nc1ccc(NC(=O)CC(=O)Nc2ccccc2C(C)(C)C)cc1. The van der Waals surface area contributed by atoms with Gasteiger partial charge in [-0.3, -0.25) is 14.4 Å². The summed E-state index contributed by atoms with van der Waals surface area (Å²) in [4.78, 5) is 35.4. The van der Waals surface area contributed by atoms with E-state index >= 15 is 0 Å². The third-order valence-corrected chi connectivity index (χ3v) is 3.82. The Hall–Kier alpha value is -3.15. The predicted molar refractivity (Wildman–Crippen MR) is 108 cm³/mol. The largest absolute Gasteiger partial charge is 0.326 e. The standard InChI is InChI=1S/C21H25N3O3/c1-14(25)22-15-9-11-16(12-10-15)23-19(26)13-20(27)24-18-8-6-5-7-17(18)21(2,3)4/h5-12H,13H2,1-4H3,(H,22,25)(H,23,26)(H,24,27). The van der Waals surface area contributed by atoms with Gasteiger partial charge in [0.1, 0.15) is 6.42 Å². The molecule has 2 rings (SSSR count). The highest BCUT2D eigenvalue weighted by molar-refractivity contribution is 6.08. The predicted octanol–water partition coefficient (Wildman–Crippen LogP) is 3.91. The van der Waals surface area contributed by atoms with Crippen molar-refractivity contribution in [1.29, 1.82) is 0 Å². The molecule has 0 heterocycles. The van der Waals surface area contributed by atoms with Gasteiger partial charge in [-0.2, -0.15) is 0 Å². The fourth-order valence-corrected chi connectivity index (χ4v) is 2.63. The number of amides is 3. The van der Waals surface area contributed by atoms with Gasteiger partial charge < -0.3 is 16.0 Å². The highest BCUT2D eigenvalue weighted by atomic mass is 16.2. The Kier molecular flexibility index (Phi) is 6.34. The van der Waals surface area contributed by atoms with E-state index in [1.165, 1.54) is 6.92 Å². The van der Waals surface area contributed by atoms with Crippen LogP contribution in [0.25, 0.3) is 0 Å². The maximum absolute atomic E-state index is 12.2. The number of carbonyl (C=O) groups is 3. The van der Waals surface area contributed by atoms with E-state index in [-0.39, 0.29) is 23.7 Å². The van der Waals surface area contributed by atoms with Crippen molar-refractivity contribution in [2.24, 2.45) is 0 Å². The Balaban J connectivity index is 1.95. The monoisotopic (exact) mass is 367 g/mol. The molecule has 6 heteroatoms. The number of benzene rings is 2. The van der Waals surface area contributed by atoms with E-state index in [0.717, 1.165) is 5.56 Å². The Morgan fingerprint density at radius 1 is 0.778 bits per heavy atom. The normalized spacial score (nSPS) is 10.8. The van der Waals surface area contributed by atoms with E-state index in [0.29, 0.717) is 17.1 Å². The van der Waals surface area contributed by atoms with Crippen LogP contribution in [0.1, 0.15) is 39.7 Å². The summed E-state index contributed by atoms with van der Waals surface area (Å²) in [6.07, 6.45) is -0.286. The van der Waals surface area contributed by atoms with Crippen LogP contribution in [0, 0.1) is 0 Å². The zero-order valence-electron chi connectivity index (χ0n) is 16.1. The van der Waals surface area contributed by atoms with Crippen molar-refractivity contribution in [3.63, 3.8) is 0 Å². The Bertz CT molecular complexity index is 836. The molecule has 0 saturated carbocycles. The summed E-state index contributed by atoms with van der Waals surface area (Å²) in [5.41, 5.74) is 2.78. The van der Waals surface area contributed by atoms with Crippen molar-refractivity contribution in [3.05, 3.63) is 54.1 Å². The van der Waals surface area contributed by atoms with Crippen LogP contribution in [0.3, 0.4) is 0 Å². The smallest absolute Gasteiger partial charge is 0.233 e. The lowest BCUT2D eigenvalue weighted by Gasteiger charge is -2.22. The number of anilines is 3. The van der Waals surface area contributed by atoms with E-state index in [1.54, 1.807) is 24.3 Å². The molecule has 27 heavy (non-hydrogen) atoms. The van der Waals surface area contributed by atoms with Crippen LogP contribution in [-0.2, 0) is 19.8 Å². The lowest BCUT2D eigenvalue weighted by atomic mass is 9.86. The Labute approximate surface area is 159 Å². The average molecular weight is 367 g/mol. The number of nitrogens with one attached hydrogen (secondary N) is 3. The first-order valence-electron chi connectivity index (χ1n) is 8.72. The lowest BCUT2D eigenvalue weighted by Crippen LogP contribution is -2.23.